The fourth-order valence-corrected chi connectivity index (χ4v) is 2.11. The van der Waals surface area contributed by atoms with Crippen molar-refractivity contribution < 1.29 is 0 Å². The molecule has 0 aliphatic heterocycles. The minimum atomic E-state index is 0.642. The Kier molecular flexibility index (Phi) is 3.37. The number of pyridine rings is 1. The molecule has 0 amide bonds. The number of nitrogens with zero attached hydrogens (tertiary/aromatic N) is 1. The van der Waals surface area contributed by atoms with Gasteiger partial charge in [0.2, 0.25) is 0 Å². The van der Waals surface area contributed by atoms with Gasteiger partial charge in [-0.05, 0) is 43.9 Å². The van der Waals surface area contributed by atoms with Crippen LogP contribution in [-0.4, -0.2) is 17.6 Å². The Balaban J connectivity index is 2.02. The van der Waals surface area contributed by atoms with Crippen LogP contribution in [0.3, 0.4) is 0 Å². The molecule has 0 radical (unpaired) electrons. The van der Waals surface area contributed by atoms with Gasteiger partial charge < -0.3 is 5.32 Å². The highest BCUT2D eigenvalue weighted by molar-refractivity contribution is 5.19. The van der Waals surface area contributed by atoms with Gasteiger partial charge in [0.1, 0.15) is 0 Å². The number of rotatable bonds is 5. The van der Waals surface area contributed by atoms with Crippen LogP contribution in [0.4, 0.5) is 0 Å². The van der Waals surface area contributed by atoms with Crippen molar-refractivity contribution in [1.29, 1.82) is 0 Å². The molecular weight excluding hydrogens is 184 g/mol. The molecule has 1 saturated carbocycles. The van der Waals surface area contributed by atoms with Crippen LogP contribution in [-0.2, 0) is 6.42 Å². The highest BCUT2D eigenvalue weighted by Crippen LogP contribution is 2.34. The van der Waals surface area contributed by atoms with Crippen molar-refractivity contribution in [3.8, 4) is 0 Å². The van der Waals surface area contributed by atoms with Gasteiger partial charge in [-0.15, -0.1) is 0 Å². The van der Waals surface area contributed by atoms with Crippen LogP contribution in [0, 0.1) is 12.8 Å². The SMILES string of the molecule is CCNC(Cc1ncccc1C)C1CC1. The van der Waals surface area contributed by atoms with Crippen molar-refractivity contribution in [1.82, 2.24) is 10.3 Å². The van der Waals surface area contributed by atoms with E-state index in [9.17, 15) is 0 Å². The van der Waals surface area contributed by atoms with Crippen LogP contribution >= 0.6 is 0 Å². The predicted molar refractivity (Wildman–Crippen MR) is 62.9 cm³/mol. The molecule has 2 rings (SSSR count). The summed E-state index contributed by atoms with van der Waals surface area (Å²) in [6.07, 6.45) is 5.77. The quantitative estimate of drug-likeness (QED) is 0.796. The fraction of sp³-hybridized carbons (Fsp3) is 0.615. The zero-order chi connectivity index (χ0) is 10.7. The minimum Gasteiger partial charge on any atom is -0.314 e. The summed E-state index contributed by atoms with van der Waals surface area (Å²) in [5, 5.41) is 3.58. The van der Waals surface area contributed by atoms with Crippen molar-refractivity contribution in [3.05, 3.63) is 29.6 Å². The molecule has 1 heterocycles. The molecule has 82 valence electrons. The van der Waals surface area contributed by atoms with Crippen LogP contribution in [0.5, 0.6) is 0 Å². The molecule has 1 fully saturated rings. The van der Waals surface area contributed by atoms with Crippen LogP contribution in [0.25, 0.3) is 0 Å². The highest BCUT2D eigenvalue weighted by atomic mass is 14.9. The van der Waals surface area contributed by atoms with Gasteiger partial charge in [0.15, 0.2) is 0 Å². The van der Waals surface area contributed by atoms with E-state index in [0.29, 0.717) is 6.04 Å². The number of nitrogens with one attached hydrogen (secondary N) is 1. The average molecular weight is 204 g/mol. The molecule has 1 N–H and O–H groups in total. The first kappa shape index (κ1) is 10.6. The zero-order valence-corrected chi connectivity index (χ0v) is 9.66. The first-order valence-electron chi connectivity index (χ1n) is 5.95. The minimum absolute atomic E-state index is 0.642. The van der Waals surface area contributed by atoms with E-state index in [1.165, 1.54) is 24.1 Å². The molecule has 1 atom stereocenters. The normalized spacial score (nSPS) is 17.7. The van der Waals surface area contributed by atoms with Gasteiger partial charge in [-0.25, -0.2) is 0 Å². The molecule has 15 heavy (non-hydrogen) atoms. The Morgan fingerprint density at radius 3 is 2.93 bits per heavy atom. The van der Waals surface area contributed by atoms with Crippen molar-refractivity contribution in [2.45, 2.75) is 39.2 Å². The lowest BCUT2D eigenvalue weighted by molar-refractivity contribution is 0.467. The molecule has 2 nitrogen and oxygen atoms in total. The first-order valence-corrected chi connectivity index (χ1v) is 5.95. The second kappa shape index (κ2) is 4.75. The van der Waals surface area contributed by atoms with E-state index in [0.717, 1.165) is 18.9 Å². The Bertz CT molecular complexity index is 318. The molecule has 1 unspecified atom stereocenters. The summed E-state index contributed by atoms with van der Waals surface area (Å²) >= 11 is 0. The average Bonchev–Trinajstić information content (AvgIpc) is 3.04. The molecule has 0 aromatic carbocycles. The molecule has 0 spiro atoms. The maximum Gasteiger partial charge on any atom is 0.0448 e. The monoisotopic (exact) mass is 204 g/mol. The molecule has 2 heteroatoms. The molecule has 0 saturated heterocycles. The van der Waals surface area contributed by atoms with Gasteiger partial charge in [0.05, 0.1) is 0 Å². The van der Waals surface area contributed by atoms with Crippen molar-refractivity contribution >= 4 is 0 Å². The molecule has 1 aliphatic carbocycles. The highest BCUT2D eigenvalue weighted by Gasteiger charge is 2.30. The van der Waals surface area contributed by atoms with Gasteiger partial charge >= 0.3 is 0 Å². The van der Waals surface area contributed by atoms with Gasteiger partial charge in [0.25, 0.3) is 0 Å². The van der Waals surface area contributed by atoms with Crippen molar-refractivity contribution in [3.63, 3.8) is 0 Å². The third-order valence-corrected chi connectivity index (χ3v) is 3.19. The van der Waals surface area contributed by atoms with Gasteiger partial charge in [-0.2, -0.15) is 0 Å². The molecule has 1 aromatic rings. The summed E-state index contributed by atoms with van der Waals surface area (Å²) in [5.74, 6) is 0.895. The Morgan fingerprint density at radius 1 is 1.53 bits per heavy atom. The Labute approximate surface area is 92.1 Å². The van der Waals surface area contributed by atoms with E-state index < -0.39 is 0 Å². The second-order valence-corrected chi connectivity index (χ2v) is 4.47. The molecular formula is C13H20N2. The zero-order valence-electron chi connectivity index (χ0n) is 9.66. The Hall–Kier alpha value is -0.890. The van der Waals surface area contributed by atoms with Crippen LogP contribution in [0.15, 0.2) is 18.3 Å². The van der Waals surface area contributed by atoms with Crippen LogP contribution in [0.2, 0.25) is 0 Å². The number of likely N-dealkylation sites (N-methyl/N-ethyl adjacent to an activating group) is 1. The van der Waals surface area contributed by atoms with E-state index in [1.54, 1.807) is 0 Å². The summed E-state index contributed by atoms with van der Waals surface area (Å²) in [6.45, 7) is 5.39. The molecule has 0 bridgehead atoms. The number of aromatic nitrogens is 1. The van der Waals surface area contributed by atoms with Crippen LogP contribution in [0.1, 0.15) is 31.0 Å². The first-order chi connectivity index (χ1) is 7.31. The van der Waals surface area contributed by atoms with E-state index >= 15 is 0 Å². The summed E-state index contributed by atoms with van der Waals surface area (Å²) in [4.78, 5) is 4.47. The number of hydrogen-bond acceptors (Lipinski definition) is 2. The lowest BCUT2D eigenvalue weighted by Crippen LogP contribution is -2.33. The largest absolute Gasteiger partial charge is 0.314 e. The summed E-state index contributed by atoms with van der Waals surface area (Å²) in [5.41, 5.74) is 2.58. The van der Waals surface area contributed by atoms with Gasteiger partial charge in [0, 0.05) is 24.4 Å². The lowest BCUT2D eigenvalue weighted by Gasteiger charge is -2.17. The molecule has 1 aliphatic rings. The molecule has 1 aromatic heterocycles. The third-order valence-electron chi connectivity index (χ3n) is 3.19. The number of hydrogen-bond donors (Lipinski definition) is 1. The smallest absolute Gasteiger partial charge is 0.0448 e. The van der Waals surface area contributed by atoms with Gasteiger partial charge in [-0.3, -0.25) is 4.98 Å². The van der Waals surface area contributed by atoms with Crippen molar-refractivity contribution in [2.24, 2.45) is 5.92 Å². The third kappa shape index (κ3) is 2.78. The summed E-state index contributed by atoms with van der Waals surface area (Å²) in [7, 11) is 0. The van der Waals surface area contributed by atoms with E-state index in [2.05, 4.69) is 30.2 Å². The Morgan fingerprint density at radius 2 is 2.33 bits per heavy atom. The van der Waals surface area contributed by atoms with Crippen LogP contribution < -0.4 is 5.32 Å². The summed E-state index contributed by atoms with van der Waals surface area (Å²) in [6, 6.07) is 4.81. The predicted octanol–water partition coefficient (Wildman–Crippen LogP) is 2.32. The van der Waals surface area contributed by atoms with E-state index in [-0.39, 0.29) is 0 Å². The fourth-order valence-electron chi connectivity index (χ4n) is 2.11. The van der Waals surface area contributed by atoms with E-state index in [4.69, 9.17) is 0 Å². The van der Waals surface area contributed by atoms with Gasteiger partial charge in [-0.1, -0.05) is 13.0 Å². The number of aryl methyl sites for hydroxylation is 1. The maximum atomic E-state index is 4.47. The van der Waals surface area contributed by atoms with E-state index in [1.807, 2.05) is 12.3 Å². The maximum absolute atomic E-state index is 4.47. The second-order valence-electron chi connectivity index (χ2n) is 4.47. The summed E-state index contributed by atoms with van der Waals surface area (Å²) < 4.78 is 0. The van der Waals surface area contributed by atoms with Crippen molar-refractivity contribution in [2.75, 3.05) is 6.54 Å². The lowest BCUT2D eigenvalue weighted by atomic mass is 10.0. The standard InChI is InChI=1S/C13H20N2/c1-3-14-13(11-6-7-11)9-12-10(2)5-4-8-15-12/h4-5,8,11,13-14H,3,6-7,9H2,1-2H3. The topological polar surface area (TPSA) is 24.9 Å².